The van der Waals surface area contributed by atoms with E-state index in [0.717, 1.165) is 70.6 Å². The monoisotopic (exact) mass is 687 g/mol. The standard InChI is InChI=1S/C48H78O2/c1-12-48(49)50-38-37-47(11)36-20-35-46(10)34-19-33-45(9)32-18-31-44(8)30-17-29-43(7)28-16-27-42(6)26-15-25-41(5)24-14-23-40(4)22-13-21-39(2)3/h21,23,25,27,29,31,33,35,37H,12-20,22,24,26,28,30,32,34,36,38H2,1-11H3/b40-23+,41-25+,42-27+,43-29+,44-31+,45-33+,46-35+,47-37+. The fraction of sp³-hybridized carbons (Fsp3) is 0.604. The Morgan fingerprint density at radius 3 is 0.800 bits per heavy atom. The van der Waals surface area contributed by atoms with Gasteiger partial charge in [-0.3, -0.25) is 4.79 Å². The molecular formula is C48H78O2. The number of carbonyl (C=O) groups is 1. The molecule has 282 valence electrons. The molecule has 0 amide bonds. The third-order valence-electron chi connectivity index (χ3n) is 9.28. The molecule has 0 rings (SSSR count). The molecule has 0 spiro atoms. The van der Waals surface area contributed by atoms with E-state index in [-0.39, 0.29) is 5.97 Å². The second-order valence-corrected chi connectivity index (χ2v) is 15.0. The molecule has 0 fully saturated rings. The summed E-state index contributed by atoms with van der Waals surface area (Å²) in [6.45, 7) is 24.6. The molecule has 0 N–H and O–H groups in total. The van der Waals surface area contributed by atoms with E-state index in [1.54, 1.807) is 0 Å². The SMILES string of the molecule is CCC(=O)OC/C=C(\C)CC/C=C(\C)CC/C=C(\C)CC/C=C(\C)CC/C=C(\C)CC/C=C(\C)CC/C=C(\C)CC/C=C(\C)CCC=C(C)C. The van der Waals surface area contributed by atoms with Crippen molar-refractivity contribution in [1.29, 1.82) is 0 Å². The first-order valence-corrected chi connectivity index (χ1v) is 19.9. The van der Waals surface area contributed by atoms with Crippen molar-refractivity contribution in [2.75, 3.05) is 6.61 Å². The van der Waals surface area contributed by atoms with Gasteiger partial charge in [-0.2, -0.15) is 0 Å². The maximum Gasteiger partial charge on any atom is 0.305 e. The fourth-order valence-electron chi connectivity index (χ4n) is 5.61. The van der Waals surface area contributed by atoms with Crippen LogP contribution in [-0.2, 0) is 9.53 Å². The number of allylic oxidation sites excluding steroid dienone is 17. The van der Waals surface area contributed by atoms with Crippen LogP contribution in [0, 0.1) is 0 Å². The van der Waals surface area contributed by atoms with Crippen LogP contribution < -0.4 is 0 Å². The van der Waals surface area contributed by atoms with Crippen molar-refractivity contribution < 1.29 is 9.53 Å². The van der Waals surface area contributed by atoms with Crippen molar-refractivity contribution in [3.8, 4) is 0 Å². The predicted molar refractivity (Wildman–Crippen MR) is 225 cm³/mol. The Morgan fingerprint density at radius 2 is 0.580 bits per heavy atom. The zero-order valence-corrected chi connectivity index (χ0v) is 34.7. The number of hydrogen-bond acceptors (Lipinski definition) is 2. The molecule has 0 aliphatic rings. The van der Waals surface area contributed by atoms with Crippen LogP contribution in [0.15, 0.2) is 105 Å². The summed E-state index contributed by atoms with van der Waals surface area (Å²) in [6, 6.07) is 0. The van der Waals surface area contributed by atoms with Gasteiger partial charge >= 0.3 is 5.97 Å². The summed E-state index contributed by atoms with van der Waals surface area (Å²) in [5.74, 6) is -0.136. The van der Waals surface area contributed by atoms with Crippen molar-refractivity contribution in [3.05, 3.63) is 105 Å². The van der Waals surface area contributed by atoms with Crippen LogP contribution in [0.2, 0.25) is 0 Å². The van der Waals surface area contributed by atoms with Crippen molar-refractivity contribution in [3.63, 3.8) is 0 Å². The van der Waals surface area contributed by atoms with Gasteiger partial charge in [-0.25, -0.2) is 0 Å². The van der Waals surface area contributed by atoms with Gasteiger partial charge in [0.15, 0.2) is 0 Å². The minimum atomic E-state index is -0.136. The lowest BCUT2D eigenvalue weighted by molar-refractivity contribution is -0.141. The lowest BCUT2D eigenvalue weighted by Gasteiger charge is -2.04. The molecule has 0 saturated carbocycles. The van der Waals surface area contributed by atoms with Gasteiger partial charge in [-0.05, 0) is 178 Å². The Balaban J connectivity index is 4.23. The minimum absolute atomic E-state index is 0.136. The first-order valence-electron chi connectivity index (χ1n) is 19.9. The highest BCUT2D eigenvalue weighted by Gasteiger charge is 1.98. The molecule has 0 radical (unpaired) electrons. The molecule has 0 aliphatic carbocycles. The summed E-state index contributed by atoms with van der Waals surface area (Å²) in [5.41, 5.74) is 13.3. The van der Waals surface area contributed by atoms with Crippen molar-refractivity contribution in [2.24, 2.45) is 0 Å². The van der Waals surface area contributed by atoms with Crippen LogP contribution in [0.1, 0.15) is 185 Å². The Morgan fingerprint density at radius 1 is 0.360 bits per heavy atom. The number of esters is 1. The maximum atomic E-state index is 11.2. The van der Waals surface area contributed by atoms with E-state index in [0.29, 0.717) is 13.0 Å². The first-order chi connectivity index (χ1) is 23.8. The number of carbonyl (C=O) groups excluding carboxylic acids is 1. The molecule has 0 saturated heterocycles. The van der Waals surface area contributed by atoms with Crippen LogP contribution >= 0.6 is 0 Å². The zero-order valence-electron chi connectivity index (χ0n) is 34.7. The summed E-state index contributed by atoms with van der Waals surface area (Å²) in [4.78, 5) is 11.2. The van der Waals surface area contributed by atoms with Gasteiger partial charge in [0.25, 0.3) is 0 Å². The molecule has 0 aliphatic heterocycles. The average Bonchev–Trinajstić information content (AvgIpc) is 3.04. The molecule has 0 aromatic carbocycles. The van der Waals surface area contributed by atoms with Gasteiger partial charge in [-0.1, -0.05) is 106 Å². The molecule has 0 bridgehead atoms. The topological polar surface area (TPSA) is 26.3 Å². The van der Waals surface area contributed by atoms with Crippen LogP contribution in [-0.4, -0.2) is 12.6 Å². The van der Waals surface area contributed by atoms with E-state index in [9.17, 15) is 4.79 Å². The zero-order chi connectivity index (χ0) is 37.6. The predicted octanol–water partition coefficient (Wildman–Crippen LogP) is 15.7. The summed E-state index contributed by atoms with van der Waals surface area (Å²) < 4.78 is 5.13. The Labute approximate surface area is 311 Å². The molecular weight excluding hydrogens is 609 g/mol. The molecule has 2 heteroatoms. The molecule has 0 atom stereocenters. The van der Waals surface area contributed by atoms with E-state index in [2.05, 4.69) is 118 Å². The summed E-state index contributed by atoms with van der Waals surface area (Å²) in [7, 11) is 0. The normalized spacial score (nSPS) is 14.4. The van der Waals surface area contributed by atoms with Gasteiger partial charge in [0.05, 0.1) is 0 Å². The van der Waals surface area contributed by atoms with Gasteiger partial charge in [0.2, 0.25) is 0 Å². The first kappa shape index (κ1) is 47.1. The van der Waals surface area contributed by atoms with E-state index < -0.39 is 0 Å². The Hall–Kier alpha value is -2.87. The molecule has 50 heavy (non-hydrogen) atoms. The summed E-state index contributed by atoms with van der Waals surface area (Å²) in [6.07, 6.45) is 40.0. The third-order valence-corrected chi connectivity index (χ3v) is 9.28. The average molecular weight is 687 g/mol. The highest BCUT2D eigenvalue weighted by Crippen LogP contribution is 2.17. The van der Waals surface area contributed by atoms with E-state index in [1.807, 2.05) is 13.0 Å². The van der Waals surface area contributed by atoms with E-state index in [1.165, 1.54) is 82.3 Å². The van der Waals surface area contributed by atoms with Gasteiger partial charge in [-0.15, -0.1) is 0 Å². The van der Waals surface area contributed by atoms with Crippen LogP contribution in [0.5, 0.6) is 0 Å². The lowest BCUT2D eigenvalue weighted by Crippen LogP contribution is -2.02. The summed E-state index contributed by atoms with van der Waals surface area (Å²) in [5, 5.41) is 0. The van der Waals surface area contributed by atoms with Gasteiger partial charge < -0.3 is 4.74 Å². The molecule has 0 heterocycles. The van der Waals surface area contributed by atoms with E-state index in [4.69, 9.17) is 4.74 Å². The molecule has 2 nitrogen and oxygen atoms in total. The third kappa shape index (κ3) is 31.1. The lowest BCUT2D eigenvalue weighted by atomic mass is 10.0. The van der Waals surface area contributed by atoms with E-state index >= 15 is 0 Å². The van der Waals surface area contributed by atoms with Crippen molar-refractivity contribution in [2.45, 2.75) is 185 Å². The van der Waals surface area contributed by atoms with Gasteiger partial charge in [0.1, 0.15) is 6.61 Å². The molecule has 0 aromatic rings. The number of rotatable bonds is 27. The second kappa shape index (κ2) is 30.9. The van der Waals surface area contributed by atoms with Gasteiger partial charge in [0, 0.05) is 6.42 Å². The Kier molecular flexibility index (Phi) is 29.1. The quantitative estimate of drug-likeness (QED) is 0.0635. The van der Waals surface area contributed by atoms with Crippen LogP contribution in [0.4, 0.5) is 0 Å². The minimum Gasteiger partial charge on any atom is -0.461 e. The second-order valence-electron chi connectivity index (χ2n) is 15.0. The van der Waals surface area contributed by atoms with Crippen LogP contribution in [0.25, 0.3) is 0 Å². The summed E-state index contributed by atoms with van der Waals surface area (Å²) >= 11 is 0. The number of hydrogen-bond donors (Lipinski definition) is 0. The largest absolute Gasteiger partial charge is 0.461 e. The number of ether oxygens (including phenoxy) is 1. The highest BCUT2D eigenvalue weighted by atomic mass is 16.5. The highest BCUT2D eigenvalue weighted by molar-refractivity contribution is 5.68. The van der Waals surface area contributed by atoms with Crippen LogP contribution in [0.3, 0.4) is 0 Å². The Bertz CT molecular complexity index is 1230. The maximum absolute atomic E-state index is 11.2. The molecule has 0 aromatic heterocycles. The van der Waals surface area contributed by atoms with Crippen molar-refractivity contribution >= 4 is 5.97 Å². The molecule has 0 unspecified atom stereocenters. The van der Waals surface area contributed by atoms with Crippen molar-refractivity contribution in [1.82, 2.24) is 0 Å². The fourth-order valence-corrected chi connectivity index (χ4v) is 5.61. The smallest absolute Gasteiger partial charge is 0.305 e.